The minimum Gasteiger partial charge on any atom is -0.451 e. The third-order valence-corrected chi connectivity index (χ3v) is 4.10. The predicted octanol–water partition coefficient (Wildman–Crippen LogP) is 1.85. The smallest absolute Gasteiger partial charge is 0.327 e. The minimum atomic E-state index is -1.12. The van der Waals surface area contributed by atoms with Gasteiger partial charge in [0, 0.05) is 10.7 Å². The molecule has 0 saturated carbocycles. The molecule has 140 valence electrons. The fourth-order valence-corrected chi connectivity index (χ4v) is 2.51. The van der Waals surface area contributed by atoms with Gasteiger partial charge in [-0.15, -0.1) is 0 Å². The zero-order valence-electron chi connectivity index (χ0n) is 14.9. The van der Waals surface area contributed by atoms with E-state index in [0.717, 1.165) is 10.5 Å². The number of carbonyl (C=O) groups is 4. The minimum absolute atomic E-state index is 0.455. The van der Waals surface area contributed by atoms with E-state index in [4.69, 9.17) is 16.3 Å². The van der Waals surface area contributed by atoms with E-state index in [9.17, 15) is 19.2 Å². The molecular weight excluding hydrogens is 362 g/mol. The second-order valence-electron chi connectivity index (χ2n) is 6.53. The monoisotopic (exact) mass is 381 g/mol. The Morgan fingerprint density at radius 2 is 2.00 bits per heavy atom. The van der Waals surface area contributed by atoms with Gasteiger partial charge < -0.3 is 15.4 Å². The van der Waals surface area contributed by atoms with Crippen molar-refractivity contribution in [2.24, 2.45) is 0 Å². The van der Waals surface area contributed by atoms with Crippen LogP contribution in [-0.4, -0.2) is 46.9 Å². The lowest BCUT2D eigenvalue weighted by molar-refractivity contribution is -0.155. The first kappa shape index (κ1) is 19.7. The van der Waals surface area contributed by atoms with Crippen molar-refractivity contribution in [3.05, 3.63) is 28.8 Å². The van der Waals surface area contributed by atoms with E-state index in [0.29, 0.717) is 10.7 Å². The second kappa shape index (κ2) is 7.33. The molecule has 1 saturated heterocycles. The molecule has 1 unspecified atom stereocenters. The number of anilines is 1. The molecule has 1 aromatic carbocycles. The Kier molecular flexibility index (Phi) is 5.56. The lowest BCUT2D eigenvalue weighted by atomic mass is 10.1. The van der Waals surface area contributed by atoms with Crippen molar-refractivity contribution in [3.8, 4) is 0 Å². The van der Waals surface area contributed by atoms with Gasteiger partial charge in [-0.3, -0.25) is 19.3 Å². The van der Waals surface area contributed by atoms with Gasteiger partial charge >= 0.3 is 12.0 Å². The fourth-order valence-electron chi connectivity index (χ4n) is 2.34. The maximum atomic E-state index is 12.2. The van der Waals surface area contributed by atoms with Crippen molar-refractivity contribution in [3.63, 3.8) is 0 Å². The largest absolute Gasteiger partial charge is 0.451 e. The number of ether oxygens (including phenoxy) is 1. The maximum absolute atomic E-state index is 12.2. The molecule has 1 fully saturated rings. The molecule has 2 N–H and O–H groups in total. The molecule has 0 bridgehead atoms. The van der Waals surface area contributed by atoms with Crippen LogP contribution in [0.2, 0.25) is 5.02 Å². The molecular formula is C17H20ClN3O5. The number of aryl methyl sites for hydroxylation is 1. The second-order valence-corrected chi connectivity index (χ2v) is 6.96. The number of hydrogen-bond acceptors (Lipinski definition) is 5. The summed E-state index contributed by atoms with van der Waals surface area (Å²) in [4.78, 5) is 48.7. The molecule has 26 heavy (non-hydrogen) atoms. The van der Waals surface area contributed by atoms with Crippen molar-refractivity contribution in [1.29, 1.82) is 0 Å². The molecule has 8 nitrogen and oxygen atoms in total. The van der Waals surface area contributed by atoms with E-state index in [-0.39, 0.29) is 0 Å². The highest BCUT2D eigenvalue weighted by molar-refractivity contribution is 6.31. The average molecular weight is 382 g/mol. The van der Waals surface area contributed by atoms with Gasteiger partial charge in [0.05, 0.1) is 0 Å². The SMILES string of the molecule is Cc1ccc(Cl)cc1NC(=O)C(C)OC(=O)CN1C(=O)NC(C)(C)C1=O. The number of rotatable bonds is 5. The van der Waals surface area contributed by atoms with Crippen LogP contribution in [-0.2, 0) is 19.1 Å². The van der Waals surface area contributed by atoms with Gasteiger partial charge in [0.25, 0.3) is 11.8 Å². The number of imide groups is 1. The first-order valence-corrected chi connectivity index (χ1v) is 8.29. The van der Waals surface area contributed by atoms with Crippen LogP contribution >= 0.6 is 11.6 Å². The summed E-state index contributed by atoms with van der Waals surface area (Å²) in [6, 6.07) is 4.34. The third-order valence-electron chi connectivity index (χ3n) is 3.87. The van der Waals surface area contributed by atoms with E-state index in [1.807, 2.05) is 0 Å². The number of urea groups is 1. The Morgan fingerprint density at radius 1 is 1.35 bits per heavy atom. The van der Waals surface area contributed by atoms with Gasteiger partial charge in [0.2, 0.25) is 0 Å². The van der Waals surface area contributed by atoms with Crippen LogP contribution in [0.3, 0.4) is 0 Å². The summed E-state index contributed by atoms with van der Waals surface area (Å²) in [6.45, 7) is 5.68. The van der Waals surface area contributed by atoms with Gasteiger partial charge in [-0.2, -0.15) is 0 Å². The number of esters is 1. The number of benzene rings is 1. The normalized spacial score (nSPS) is 16.9. The first-order valence-electron chi connectivity index (χ1n) is 7.92. The van der Waals surface area contributed by atoms with Crippen LogP contribution in [0.1, 0.15) is 26.3 Å². The Hall–Kier alpha value is -2.61. The van der Waals surface area contributed by atoms with E-state index in [2.05, 4.69) is 10.6 Å². The summed E-state index contributed by atoms with van der Waals surface area (Å²) in [5, 5.41) is 5.53. The molecule has 1 aromatic rings. The Morgan fingerprint density at radius 3 is 2.58 bits per heavy atom. The number of amides is 4. The van der Waals surface area contributed by atoms with Crippen LogP contribution in [0.15, 0.2) is 18.2 Å². The number of halogens is 1. The lowest BCUT2D eigenvalue weighted by Crippen LogP contribution is -2.42. The summed E-state index contributed by atoms with van der Waals surface area (Å²) >= 11 is 5.90. The van der Waals surface area contributed by atoms with Gasteiger partial charge in [0.1, 0.15) is 12.1 Å². The molecule has 0 spiro atoms. The van der Waals surface area contributed by atoms with Crippen LogP contribution < -0.4 is 10.6 Å². The maximum Gasteiger partial charge on any atom is 0.327 e. The summed E-state index contributed by atoms with van der Waals surface area (Å²) in [7, 11) is 0. The van der Waals surface area contributed by atoms with Crippen LogP contribution in [0.5, 0.6) is 0 Å². The number of nitrogens with one attached hydrogen (secondary N) is 2. The predicted molar refractivity (Wildman–Crippen MR) is 94.7 cm³/mol. The Balaban J connectivity index is 1.94. The number of hydrogen-bond donors (Lipinski definition) is 2. The van der Waals surface area contributed by atoms with E-state index < -0.39 is 42.0 Å². The van der Waals surface area contributed by atoms with Gasteiger partial charge in [0.15, 0.2) is 6.10 Å². The van der Waals surface area contributed by atoms with Crippen molar-refractivity contribution in [2.75, 3.05) is 11.9 Å². The molecule has 0 aromatic heterocycles. The zero-order valence-corrected chi connectivity index (χ0v) is 15.6. The highest BCUT2D eigenvalue weighted by Crippen LogP contribution is 2.20. The zero-order chi connectivity index (χ0) is 19.6. The van der Waals surface area contributed by atoms with E-state index in [1.54, 1.807) is 25.1 Å². The quantitative estimate of drug-likeness (QED) is 0.598. The summed E-state index contributed by atoms with van der Waals surface area (Å²) in [5.74, 6) is -1.95. The molecule has 4 amide bonds. The molecule has 1 heterocycles. The lowest BCUT2D eigenvalue weighted by Gasteiger charge is -2.18. The molecule has 9 heteroatoms. The van der Waals surface area contributed by atoms with Gasteiger partial charge in [-0.1, -0.05) is 17.7 Å². The topological polar surface area (TPSA) is 105 Å². The average Bonchev–Trinajstić information content (AvgIpc) is 2.72. The van der Waals surface area contributed by atoms with Crippen molar-refractivity contribution >= 4 is 41.1 Å². The van der Waals surface area contributed by atoms with Crippen molar-refractivity contribution < 1.29 is 23.9 Å². The molecule has 1 aliphatic rings. The molecule has 1 aliphatic heterocycles. The molecule has 1 atom stereocenters. The van der Waals surface area contributed by atoms with Gasteiger partial charge in [-0.05, 0) is 45.4 Å². The number of carbonyl (C=O) groups excluding carboxylic acids is 4. The van der Waals surface area contributed by atoms with Crippen LogP contribution in [0.4, 0.5) is 10.5 Å². The summed E-state index contributed by atoms with van der Waals surface area (Å²) < 4.78 is 5.02. The fraction of sp³-hybridized carbons (Fsp3) is 0.412. The summed E-state index contributed by atoms with van der Waals surface area (Å²) in [6.07, 6.45) is -1.12. The van der Waals surface area contributed by atoms with Crippen LogP contribution in [0.25, 0.3) is 0 Å². The van der Waals surface area contributed by atoms with Gasteiger partial charge in [-0.25, -0.2) is 4.79 Å². The van der Waals surface area contributed by atoms with Crippen LogP contribution in [0, 0.1) is 6.92 Å². The molecule has 0 aliphatic carbocycles. The number of nitrogens with zero attached hydrogens (tertiary/aromatic N) is 1. The standard InChI is InChI=1S/C17H20ClN3O5/c1-9-5-6-11(18)7-12(9)19-14(23)10(2)26-13(22)8-21-15(24)17(3,4)20-16(21)25/h5-7,10H,8H2,1-4H3,(H,19,23)(H,20,25). The third kappa shape index (κ3) is 4.32. The van der Waals surface area contributed by atoms with Crippen molar-refractivity contribution in [1.82, 2.24) is 10.2 Å². The molecule has 0 radical (unpaired) electrons. The van der Waals surface area contributed by atoms with E-state index in [1.165, 1.54) is 20.8 Å². The first-order chi connectivity index (χ1) is 12.0. The van der Waals surface area contributed by atoms with Crippen molar-refractivity contribution in [2.45, 2.75) is 39.3 Å². The summed E-state index contributed by atoms with van der Waals surface area (Å²) in [5.41, 5.74) is 0.217. The highest BCUT2D eigenvalue weighted by atomic mass is 35.5. The Labute approximate surface area is 155 Å². The Bertz CT molecular complexity index is 778. The molecule has 2 rings (SSSR count). The van der Waals surface area contributed by atoms with E-state index >= 15 is 0 Å². The highest BCUT2D eigenvalue weighted by Gasteiger charge is 2.45.